The van der Waals surface area contributed by atoms with Gasteiger partial charge in [-0.1, -0.05) is 49.8 Å². The number of aryl methyl sites for hydroxylation is 1. The van der Waals surface area contributed by atoms with E-state index in [0.717, 1.165) is 16.8 Å². The second-order valence-corrected chi connectivity index (χ2v) is 6.09. The van der Waals surface area contributed by atoms with Crippen LogP contribution in [0.15, 0.2) is 36.0 Å². The number of benzene rings is 1. The highest BCUT2D eigenvalue weighted by Crippen LogP contribution is 2.26. The largest absolute Gasteiger partial charge is 0.367 e. The van der Waals surface area contributed by atoms with E-state index in [1.807, 2.05) is 63.1 Å². The lowest BCUT2D eigenvalue weighted by Gasteiger charge is -2.24. The fourth-order valence-electron chi connectivity index (χ4n) is 2.52. The summed E-state index contributed by atoms with van der Waals surface area (Å²) in [5, 5.41) is 0. The molecule has 3 nitrogen and oxygen atoms in total. The zero-order chi connectivity index (χ0) is 15.6. The summed E-state index contributed by atoms with van der Waals surface area (Å²) in [4.78, 5) is 26.4. The van der Waals surface area contributed by atoms with Gasteiger partial charge >= 0.3 is 0 Å². The highest BCUT2D eigenvalue weighted by molar-refractivity contribution is 6.00. The first-order chi connectivity index (χ1) is 9.90. The second-order valence-electron chi connectivity index (χ2n) is 6.09. The maximum atomic E-state index is 12.6. The van der Waals surface area contributed by atoms with Gasteiger partial charge in [0.15, 0.2) is 5.78 Å². The Kier molecular flexibility index (Phi) is 4.61. The summed E-state index contributed by atoms with van der Waals surface area (Å²) >= 11 is 0. The van der Waals surface area contributed by atoms with Gasteiger partial charge in [0, 0.05) is 30.6 Å². The van der Waals surface area contributed by atoms with E-state index < -0.39 is 0 Å². The molecule has 0 aliphatic carbocycles. The molecule has 0 fully saturated rings. The molecule has 0 saturated heterocycles. The van der Waals surface area contributed by atoms with Gasteiger partial charge in [-0.2, -0.15) is 0 Å². The van der Waals surface area contributed by atoms with Crippen LogP contribution in [0.5, 0.6) is 0 Å². The molecule has 0 radical (unpaired) electrons. The van der Waals surface area contributed by atoms with Crippen molar-refractivity contribution in [1.82, 2.24) is 4.90 Å². The van der Waals surface area contributed by atoms with Crippen molar-refractivity contribution in [3.8, 4) is 0 Å². The fraction of sp³-hybridized carbons (Fsp3) is 0.444. The van der Waals surface area contributed by atoms with Crippen LogP contribution in [0.4, 0.5) is 0 Å². The average molecular weight is 285 g/mol. The van der Waals surface area contributed by atoms with Gasteiger partial charge in [-0.15, -0.1) is 0 Å². The lowest BCUT2D eigenvalue weighted by Crippen LogP contribution is -2.34. The van der Waals surface area contributed by atoms with Crippen molar-refractivity contribution >= 4 is 11.6 Å². The van der Waals surface area contributed by atoms with Crippen molar-refractivity contribution in [2.45, 2.75) is 39.7 Å². The van der Waals surface area contributed by atoms with E-state index in [1.54, 1.807) is 0 Å². The number of allylic oxidation sites excluding steroid dienone is 1. The standard InChI is InChI=1S/C18H23NO2/c1-12(2)17(20)11-15-9-10-16(19(15)4)18(21)14-7-5-13(3)6-8-14/h5-9,12,16H,10-11H2,1-4H3. The van der Waals surface area contributed by atoms with Gasteiger partial charge < -0.3 is 4.90 Å². The predicted molar refractivity (Wildman–Crippen MR) is 84.2 cm³/mol. The van der Waals surface area contributed by atoms with E-state index in [4.69, 9.17) is 0 Å². The molecule has 1 aromatic carbocycles. The number of likely N-dealkylation sites (N-methyl/N-ethyl adjacent to an activating group) is 1. The van der Waals surface area contributed by atoms with Gasteiger partial charge in [0.2, 0.25) is 0 Å². The minimum Gasteiger partial charge on any atom is -0.367 e. The number of carbonyl (C=O) groups is 2. The van der Waals surface area contributed by atoms with Crippen molar-refractivity contribution in [2.75, 3.05) is 7.05 Å². The van der Waals surface area contributed by atoms with Crippen molar-refractivity contribution in [3.63, 3.8) is 0 Å². The van der Waals surface area contributed by atoms with Crippen molar-refractivity contribution in [2.24, 2.45) is 5.92 Å². The number of hydrogen-bond donors (Lipinski definition) is 0. The summed E-state index contributed by atoms with van der Waals surface area (Å²) in [6.45, 7) is 5.83. The maximum Gasteiger partial charge on any atom is 0.185 e. The molecule has 0 N–H and O–H groups in total. The zero-order valence-electron chi connectivity index (χ0n) is 13.2. The molecular formula is C18H23NO2. The quantitative estimate of drug-likeness (QED) is 0.778. The van der Waals surface area contributed by atoms with Gasteiger partial charge in [0.1, 0.15) is 5.78 Å². The van der Waals surface area contributed by atoms with Crippen molar-refractivity contribution in [3.05, 3.63) is 47.2 Å². The lowest BCUT2D eigenvalue weighted by molar-refractivity contribution is -0.121. The van der Waals surface area contributed by atoms with E-state index in [0.29, 0.717) is 12.8 Å². The zero-order valence-corrected chi connectivity index (χ0v) is 13.2. The normalized spacial score (nSPS) is 18.0. The Bertz CT molecular complexity index is 569. The topological polar surface area (TPSA) is 37.4 Å². The van der Waals surface area contributed by atoms with Crippen LogP contribution in [-0.2, 0) is 4.79 Å². The monoisotopic (exact) mass is 285 g/mol. The third-order valence-corrected chi connectivity index (χ3v) is 4.14. The molecule has 1 aromatic rings. The van der Waals surface area contributed by atoms with Gasteiger partial charge in [-0.05, 0) is 13.3 Å². The Morgan fingerprint density at radius 1 is 1.24 bits per heavy atom. The minimum atomic E-state index is -0.178. The number of rotatable bonds is 5. The lowest BCUT2D eigenvalue weighted by atomic mass is 10.0. The summed E-state index contributed by atoms with van der Waals surface area (Å²) in [5.74, 6) is 0.378. The molecule has 112 valence electrons. The molecule has 1 unspecified atom stereocenters. The molecule has 0 amide bonds. The van der Waals surface area contributed by atoms with Crippen LogP contribution in [-0.4, -0.2) is 29.6 Å². The number of ketones is 2. The summed E-state index contributed by atoms with van der Waals surface area (Å²) < 4.78 is 0. The van der Waals surface area contributed by atoms with E-state index in [1.165, 1.54) is 0 Å². The summed E-state index contributed by atoms with van der Waals surface area (Å²) in [6.07, 6.45) is 3.13. The molecule has 3 heteroatoms. The van der Waals surface area contributed by atoms with Crippen molar-refractivity contribution < 1.29 is 9.59 Å². The van der Waals surface area contributed by atoms with Crippen LogP contribution in [0, 0.1) is 12.8 Å². The Morgan fingerprint density at radius 3 is 2.43 bits per heavy atom. The van der Waals surface area contributed by atoms with Crippen LogP contribution in [0.1, 0.15) is 42.6 Å². The van der Waals surface area contributed by atoms with E-state index >= 15 is 0 Å². The molecule has 1 aliphatic rings. The highest BCUT2D eigenvalue weighted by atomic mass is 16.1. The molecule has 0 spiro atoms. The number of hydrogen-bond acceptors (Lipinski definition) is 3. The maximum absolute atomic E-state index is 12.6. The molecule has 21 heavy (non-hydrogen) atoms. The number of nitrogens with zero attached hydrogens (tertiary/aromatic N) is 1. The number of Topliss-reactive ketones (excluding diaryl/α,β-unsaturated/α-hetero) is 2. The Balaban J connectivity index is 2.06. The van der Waals surface area contributed by atoms with Crippen LogP contribution in [0.2, 0.25) is 0 Å². The first kappa shape index (κ1) is 15.5. The molecule has 0 aromatic heterocycles. The molecule has 1 aliphatic heterocycles. The molecule has 0 saturated carbocycles. The first-order valence-corrected chi connectivity index (χ1v) is 7.45. The van der Waals surface area contributed by atoms with Crippen LogP contribution in [0.25, 0.3) is 0 Å². The Morgan fingerprint density at radius 2 is 1.86 bits per heavy atom. The summed E-state index contributed by atoms with van der Waals surface area (Å²) in [6, 6.07) is 7.49. The Labute approximate surface area is 126 Å². The third kappa shape index (κ3) is 3.41. The van der Waals surface area contributed by atoms with E-state index in [9.17, 15) is 9.59 Å². The van der Waals surface area contributed by atoms with Crippen molar-refractivity contribution in [1.29, 1.82) is 0 Å². The second kappa shape index (κ2) is 6.25. The summed E-state index contributed by atoms with van der Waals surface area (Å²) in [7, 11) is 1.91. The smallest absolute Gasteiger partial charge is 0.185 e. The van der Waals surface area contributed by atoms with Gasteiger partial charge in [0.25, 0.3) is 0 Å². The fourth-order valence-corrected chi connectivity index (χ4v) is 2.52. The van der Waals surface area contributed by atoms with Gasteiger partial charge in [-0.25, -0.2) is 0 Å². The molecule has 1 atom stereocenters. The SMILES string of the molecule is Cc1ccc(C(=O)C2CC=C(CC(=O)C(C)C)N2C)cc1. The Hall–Kier alpha value is -1.90. The molecular weight excluding hydrogens is 262 g/mol. The van der Waals surface area contributed by atoms with Gasteiger partial charge in [0.05, 0.1) is 6.04 Å². The van der Waals surface area contributed by atoms with Crippen LogP contribution >= 0.6 is 0 Å². The van der Waals surface area contributed by atoms with Crippen LogP contribution in [0.3, 0.4) is 0 Å². The van der Waals surface area contributed by atoms with Gasteiger partial charge in [-0.3, -0.25) is 9.59 Å². The van der Waals surface area contributed by atoms with E-state index in [-0.39, 0.29) is 23.5 Å². The third-order valence-electron chi connectivity index (χ3n) is 4.14. The predicted octanol–water partition coefficient (Wildman–Crippen LogP) is 3.38. The molecule has 0 bridgehead atoms. The average Bonchev–Trinajstić information content (AvgIpc) is 2.80. The van der Waals surface area contributed by atoms with Crippen LogP contribution < -0.4 is 0 Å². The summed E-state index contributed by atoms with van der Waals surface area (Å²) in [5.41, 5.74) is 2.86. The first-order valence-electron chi connectivity index (χ1n) is 7.45. The molecule has 2 rings (SSSR count). The molecule has 1 heterocycles. The highest BCUT2D eigenvalue weighted by Gasteiger charge is 2.30. The minimum absolute atomic E-state index is 0.0335. The van der Waals surface area contributed by atoms with E-state index in [2.05, 4.69) is 0 Å². The number of carbonyl (C=O) groups excluding carboxylic acids is 2.